The van der Waals surface area contributed by atoms with Crippen molar-refractivity contribution in [3.05, 3.63) is 34.5 Å². The first-order valence-electron chi connectivity index (χ1n) is 9.76. The highest BCUT2D eigenvalue weighted by Crippen LogP contribution is 2.43. The Morgan fingerprint density at radius 2 is 2.25 bits per heavy atom. The highest BCUT2D eigenvalue weighted by molar-refractivity contribution is 7.09. The molecule has 0 bridgehead atoms. The van der Waals surface area contributed by atoms with E-state index in [9.17, 15) is 9.59 Å². The lowest BCUT2D eigenvalue weighted by Crippen LogP contribution is -2.66. The first-order chi connectivity index (χ1) is 13.6. The van der Waals surface area contributed by atoms with Crippen LogP contribution in [-0.4, -0.2) is 76.1 Å². The summed E-state index contributed by atoms with van der Waals surface area (Å²) in [6.07, 6.45) is 6.53. The van der Waals surface area contributed by atoms with Crippen LogP contribution < -0.4 is 5.32 Å². The number of carbonyl (C=O) groups excluding carboxylic acids is 2. The largest absolute Gasteiger partial charge is 0.355 e. The Morgan fingerprint density at radius 3 is 3.00 bits per heavy atom. The van der Waals surface area contributed by atoms with Crippen LogP contribution in [-0.2, 0) is 11.2 Å². The van der Waals surface area contributed by atoms with E-state index in [-0.39, 0.29) is 17.9 Å². The average molecular weight is 403 g/mol. The van der Waals surface area contributed by atoms with E-state index in [1.54, 1.807) is 29.8 Å². The van der Waals surface area contributed by atoms with Crippen molar-refractivity contribution < 1.29 is 9.59 Å². The molecule has 2 atom stereocenters. The summed E-state index contributed by atoms with van der Waals surface area (Å²) in [5.74, 6) is 0.00160. The van der Waals surface area contributed by atoms with Crippen molar-refractivity contribution in [3.63, 3.8) is 0 Å². The number of piperidine rings is 2. The number of fused-ring (bicyclic) bond motifs is 1. The number of aromatic nitrogens is 3. The van der Waals surface area contributed by atoms with Gasteiger partial charge in [-0.1, -0.05) is 0 Å². The fourth-order valence-corrected chi connectivity index (χ4v) is 5.13. The fourth-order valence-electron chi connectivity index (χ4n) is 4.51. The van der Waals surface area contributed by atoms with E-state index in [0.29, 0.717) is 25.3 Å². The van der Waals surface area contributed by atoms with E-state index in [0.717, 1.165) is 37.2 Å². The first kappa shape index (κ1) is 19.1. The third kappa shape index (κ3) is 3.56. The van der Waals surface area contributed by atoms with Crippen LogP contribution in [0.15, 0.2) is 23.8 Å². The van der Waals surface area contributed by atoms with Gasteiger partial charge >= 0.3 is 0 Å². The normalized spacial score (nSPS) is 25.3. The molecule has 2 saturated heterocycles. The lowest BCUT2D eigenvalue weighted by atomic mass is 9.67. The van der Waals surface area contributed by atoms with E-state index >= 15 is 0 Å². The maximum Gasteiger partial charge on any atom is 0.272 e. The molecule has 0 unspecified atom stereocenters. The molecule has 2 aromatic heterocycles. The van der Waals surface area contributed by atoms with Gasteiger partial charge in [0.2, 0.25) is 5.91 Å². The lowest BCUT2D eigenvalue weighted by Gasteiger charge is -2.53. The zero-order chi connectivity index (χ0) is 19.6. The van der Waals surface area contributed by atoms with Gasteiger partial charge in [-0.2, -0.15) is 5.10 Å². The van der Waals surface area contributed by atoms with Gasteiger partial charge in [-0.3, -0.25) is 14.7 Å². The minimum Gasteiger partial charge on any atom is -0.355 e. The molecule has 4 heterocycles. The number of nitrogens with zero attached hydrogens (tertiary/aromatic N) is 4. The number of carbonyl (C=O) groups is 2. The van der Waals surface area contributed by atoms with E-state index in [1.807, 2.05) is 10.3 Å². The number of likely N-dealkylation sites (tertiary alicyclic amines) is 2. The molecule has 8 nitrogen and oxygen atoms in total. The zero-order valence-electron chi connectivity index (χ0n) is 16.1. The number of H-pyrrole nitrogens is 1. The Hall–Kier alpha value is -2.26. The molecule has 2 fully saturated rings. The summed E-state index contributed by atoms with van der Waals surface area (Å²) in [4.78, 5) is 34.8. The van der Waals surface area contributed by atoms with Gasteiger partial charge in [0.25, 0.3) is 5.91 Å². The van der Waals surface area contributed by atoms with Crippen LogP contribution in [0.4, 0.5) is 0 Å². The second-order valence-corrected chi connectivity index (χ2v) is 8.67. The molecular formula is C19H26N6O2S. The fraction of sp³-hybridized carbons (Fsp3) is 0.579. The number of likely N-dealkylation sites (N-methyl/N-ethyl adjacent to an activating group) is 1. The third-order valence-corrected chi connectivity index (χ3v) is 6.85. The van der Waals surface area contributed by atoms with Crippen molar-refractivity contribution in [1.82, 2.24) is 30.3 Å². The SMILES string of the molecule is CN1CC[C@]2(C(=O)NCCc3nccs3)CCCN(C(=O)c3ccn[nH]3)[C@H]2C1. The maximum absolute atomic E-state index is 13.3. The molecule has 2 aliphatic heterocycles. The van der Waals surface area contributed by atoms with Gasteiger partial charge in [0.15, 0.2) is 0 Å². The number of thiazole rings is 1. The monoisotopic (exact) mass is 402 g/mol. The highest BCUT2D eigenvalue weighted by atomic mass is 32.1. The van der Waals surface area contributed by atoms with Crippen LogP contribution in [0.1, 0.15) is 34.8 Å². The van der Waals surface area contributed by atoms with Gasteiger partial charge in [-0.05, 0) is 38.9 Å². The molecule has 0 spiro atoms. The van der Waals surface area contributed by atoms with Crippen LogP contribution in [0.2, 0.25) is 0 Å². The van der Waals surface area contributed by atoms with Crippen LogP contribution >= 0.6 is 11.3 Å². The number of hydrogen-bond acceptors (Lipinski definition) is 6. The first-order valence-corrected chi connectivity index (χ1v) is 10.6. The molecule has 2 aliphatic rings. The maximum atomic E-state index is 13.3. The van der Waals surface area contributed by atoms with E-state index < -0.39 is 5.41 Å². The molecule has 4 rings (SSSR count). The second-order valence-electron chi connectivity index (χ2n) is 7.69. The molecule has 150 valence electrons. The van der Waals surface area contributed by atoms with Gasteiger partial charge < -0.3 is 15.1 Å². The van der Waals surface area contributed by atoms with Gasteiger partial charge in [0.1, 0.15) is 5.69 Å². The van der Waals surface area contributed by atoms with Crippen molar-refractivity contribution >= 4 is 23.2 Å². The summed E-state index contributed by atoms with van der Waals surface area (Å²) in [6.45, 7) is 2.82. The summed E-state index contributed by atoms with van der Waals surface area (Å²) < 4.78 is 0. The van der Waals surface area contributed by atoms with E-state index in [1.165, 1.54) is 0 Å². The standard InChI is InChI=1S/C19H26N6O2S/c1-24-11-6-19(18(27)21-7-4-16-20-9-12-28-16)5-2-10-25(15(19)13-24)17(26)14-3-8-22-23-14/h3,8-9,12,15H,2,4-7,10-11,13H2,1H3,(H,21,27)(H,22,23)/t15-,19+/m0/s1. The Kier molecular flexibility index (Phi) is 5.45. The van der Waals surface area contributed by atoms with Crippen LogP contribution in [0.25, 0.3) is 0 Å². The summed E-state index contributed by atoms with van der Waals surface area (Å²) >= 11 is 1.60. The summed E-state index contributed by atoms with van der Waals surface area (Å²) in [5, 5.41) is 12.8. The number of hydrogen-bond donors (Lipinski definition) is 2. The van der Waals surface area contributed by atoms with Crippen molar-refractivity contribution in [2.75, 3.05) is 33.2 Å². The predicted molar refractivity (Wildman–Crippen MR) is 106 cm³/mol. The summed E-state index contributed by atoms with van der Waals surface area (Å²) in [7, 11) is 2.05. The third-order valence-electron chi connectivity index (χ3n) is 6.01. The topological polar surface area (TPSA) is 94.2 Å². The van der Waals surface area contributed by atoms with Crippen LogP contribution in [0.5, 0.6) is 0 Å². The smallest absolute Gasteiger partial charge is 0.272 e. The van der Waals surface area contributed by atoms with Crippen molar-refractivity contribution in [2.24, 2.45) is 5.41 Å². The van der Waals surface area contributed by atoms with Crippen molar-refractivity contribution in [3.8, 4) is 0 Å². The lowest BCUT2D eigenvalue weighted by molar-refractivity contribution is -0.142. The number of nitrogens with one attached hydrogen (secondary N) is 2. The van der Waals surface area contributed by atoms with Crippen LogP contribution in [0, 0.1) is 5.41 Å². The Bertz CT molecular complexity index is 809. The number of amides is 2. The molecular weight excluding hydrogens is 376 g/mol. The molecule has 0 aliphatic carbocycles. The quantitative estimate of drug-likeness (QED) is 0.783. The molecule has 0 aromatic carbocycles. The molecule has 0 saturated carbocycles. The van der Waals surface area contributed by atoms with E-state index in [4.69, 9.17) is 0 Å². The van der Waals surface area contributed by atoms with Crippen LogP contribution in [0.3, 0.4) is 0 Å². The Labute approximate surface area is 168 Å². The minimum atomic E-state index is -0.524. The average Bonchev–Trinajstić information content (AvgIpc) is 3.41. The molecule has 2 N–H and O–H groups in total. The van der Waals surface area contributed by atoms with Gasteiger partial charge in [0, 0.05) is 43.8 Å². The highest BCUT2D eigenvalue weighted by Gasteiger charge is 2.53. The zero-order valence-corrected chi connectivity index (χ0v) is 16.9. The summed E-state index contributed by atoms with van der Waals surface area (Å²) in [6, 6.07) is 1.56. The molecule has 9 heteroatoms. The number of aromatic amines is 1. The van der Waals surface area contributed by atoms with Crippen molar-refractivity contribution in [2.45, 2.75) is 31.7 Å². The Morgan fingerprint density at radius 1 is 1.36 bits per heavy atom. The predicted octanol–water partition coefficient (Wildman–Crippen LogP) is 1.15. The molecule has 2 amide bonds. The van der Waals surface area contributed by atoms with E-state index in [2.05, 4.69) is 32.4 Å². The van der Waals surface area contributed by atoms with Gasteiger partial charge in [-0.25, -0.2) is 4.98 Å². The Balaban J connectivity index is 1.52. The van der Waals surface area contributed by atoms with Crippen molar-refractivity contribution in [1.29, 1.82) is 0 Å². The molecule has 2 aromatic rings. The molecule has 0 radical (unpaired) electrons. The van der Waals surface area contributed by atoms with Gasteiger partial charge in [0.05, 0.1) is 16.5 Å². The molecule has 28 heavy (non-hydrogen) atoms. The minimum absolute atomic E-state index is 0.0718. The second kappa shape index (κ2) is 8.00. The number of rotatable bonds is 5. The summed E-state index contributed by atoms with van der Waals surface area (Å²) in [5.41, 5.74) is -0.0447. The van der Waals surface area contributed by atoms with Gasteiger partial charge in [-0.15, -0.1) is 11.3 Å².